The van der Waals surface area contributed by atoms with Gasteiger partial charge in [-0.2, -0.15) is 0 Å². The molecule has 0 amide bonds. The number of carbonyl (C=O) groups is 3. The van der Waals surface area contributed by atoms with E-state index >= 15 is 0 Å². The Bertz CT molecular complexity index is 841. The fraction of sp³-hybridized carbons (Fsp3) is 0.250. The van der Waals surface area contributed by atoms with Gasteiger partial charge in [0.25, 0.3) is 6.29 Å². The minimum absolute atomic E-state index is 0.129. The molecule has 0 saturated carbocycles. The van der Waals surface area contributed by atoms with Crippen LogP contribution in [0.15, 0.2) is 55.1 Å². The number of hydrogen-bond acceptors (Lipinski definition) is 6. The van der Waals surface area contributed by atoms with E-state index in [1.807, 2.05) is 30.3 Å². The van der Waals surface area contributed by atoms with Crippen molar-refractivity contribution in [2.75, 3.05) is 11.4 Å². The number of ether oxygens (including phenoxy) is 2. The normalized spacial score (nSPS) is 11.7. The number of carboxylic acid groups (broad SMARTS) is 1. The highest BCUT2D eigenvalue weighted by molar-refractivity contribution is 5.96. The van der Waals surface area contributed by atoms with E-state index in [1.54, 1.807) is 12.1 Å². The van der Waals surface area contributed by atoms with E-state index < -0.39 is 30.2 Å². The van der Waals surface area contributed by atoms with Crippen LogP contribution in [0.25, 0.3) is 10.8 Å². The van der Waals surface area contributed by atoms with Crippen molar-refractivity contribution in [2.45, 2.75) is 26.2 Å². The number of carboxylic acids is 1. The number of aliphatic carboxylic acids is 1. The van der Waals surface area contributed by atoms with Gasteiger partial charge in [0.1, 0.15) is 0 Å². The first kappa shape index (κ1) is 20.0. The zero-order valence-electron chi connectivity index (χ0n) is 15.1. The summed E-state index contributed by atoms with van der Waals surface area (Å²) in [6, 6.07) is 11.4. The average Bonchev–Trinajstić information content (AvgIpc) is 2.59. The monoisotopic (exact) mass is 371 g/mol. The van der Waals surface area contributed by atoms with Crippen molar-refractivity contribution in [3.8, 4) is 0 Å². The lowest BCUT2D eigenvalue weighted by molar-refractivity contribution is -0.191. The maximum atomic E-state index is 12.1. The summed E-state index contributed by atoms with van der Waals surface area (Å²) in [4.78, 5) is 36.4. The van der Waals surface area contributed by atoms with Gasteiger partial charge in [-0.1, -0.05) is 42.5 Å². The Morgan fingerprint density at radius 3 is 2.22 bits per heavy atom. The van der Waals surface area contributed by atoms with Crippen molar-refractivity contribution < 1.29 is 29.0 Å². The molecule has 0 spiro atoms. The molecule has 0 saturated heterocycles. The quantitative estimate of drug-likeness (QED) is 0.433. The van der Waals surface area contributed by atoms with Gasteiger partial charge in [-0.3, -0.25) is 9.59 Å². The lowest BCUT2D eigenvalue weighted by Gasteiger charge is -2.34. The number of anilines is 1. The highest BCUT2D eigenvalue weighted by Gasteiger charge is 2.39. The number of fused-ring (bicyclic) bond motifs is 1. The number of rotatable bonds is 8. The molecule has 0 aliphatic rings. The van der Waals surface area contributed by atoms with Crippen molar-refractivity contribution in [1.29, 1.82) is 0 Å². The lowest BCUT2D eigenvalue weighted by Crippen LogP contribution is -2.52. The third kappa shape index (κ3) is 4.84. The largest absolute Gasteiger partial charge is 0.479 e. The molecule has 0 bridgehead atoms. The number of benzene rings is 2. The van der Waals surface area contributed by atoms with Gasteiger partial charge < -0.3 is 19.5 Å². The van der Waals surface area contributed by atoms with Gasteiger partial charge in [0.2, 0.25) is 6.04 Å². The molecule has 142 valence electrons. The van der Waals surface area contributed by atoms with E-state index in [4.69, 9.17) is 9.47 Å². The molecular formula is C20H21NO6. The molecule has 0 aliphatic heterocycles. The second kappa shape index (κ2) is 8.84. The molecule has 0 aliphatic carbocycles. The van der Waals surface area contributed by atoms with Gasteiger partial charge in [-0.25, -0.2) is 4.79 Å². The van der Waals surface area contributed by atoms with Crippen LogP contribution < -0.4 is 4.90 Å². The van der Waals surface area contributed by atoms with Crippen LogP contribution in [0.2, 0.25) is 0 Å². The molecule has 7 nitrogen and oxygen atoms in total. The molecule has 1 atom stereocenters. The standard InChI is InChI=1S/C20H21NO6/c1-4-12-21(17-11-7-9-15-8-5-6-10-16(15)17)18(19(24)25)20(26-13(2)22)27-14(3)23/h4-11,18,20H,1,12H2,2-3H3,(H,24,25). The molecule has 0 aromatic heterocycles. The summed E-state index contributed by atoms with van der Waals surface area (Å²) < 4.78 is 10.0. The van der Waals surface area contributed by atoms with Gasteiger partial charge in [0, 0.05) is 31.5 Å². The molecule has 2 rings (SSSR count). The van der Waals surface area contributed by atoms with E-state index in [1.165, 1.54) is 11.0 Å². The molecular weight excluding hydrogens is 350 g/mol. The zero-order chi connectivity index (χ0) is 20.0. The van der Waals surface area contributed by atoms with Gasteiger partial charge in [0.15, 0.2) is 0 Å². The topological polar surface area (TPSA) is 93.1 Å². The van der Waals surface area contributed by atoms with E-state index in [0.29, 0.717) is 5.69 Å². The minimum atomic E-state index is -1.61. The first-order valence-electron chi connectivity index (χ1n) is 8.27. The van der Waals surface area contributed by atoms with Crippen molar-refractivity contribution >= 4 is 34.4 Å². The summed E-state index contributed by atoms with van der Waals surface area (Å²) in [7, 11) is 0. The SMILES string of the molecule is C=CCN(c1cccc2ccccc12)C(C(=O)O)C(OC(C)=O)OC(C)=O. The molecule has 1 unspecified atom stereocenters. The Morgan fingerprint density at radius 2 is 1.67 bits per heavy atom. The second-order valence-electron chi connectivity index (χ2n) is 5.81. The summed E-state index contributed by atoms with van der Waals surface area (Å²) in [5, 5.41) is 11.6. The van der Waals surface area contributed by atoms with Crippen molar-refractivity contribution in [2.24, 2.45) is 0 Å². The number of carbonyl (C=O) groups excluding carboxylic acids is 2. The van der Waals surface area contributed by atoms with Crippen molar-refractivity contribution in [3.05, 3.63) is 55.1 Å². The van der Waals surface area contributed by atoms with Gasteiger partial charge in [0.05, 0.1) is 0 Å². The van der Waals surface area contributed by atoms with Gasteiger partial charge in [-0.05, 0) is 11.5 Å². The first-order valence-corrected chi connectivity index (χ1v) is 8.27. The Labute approximate surface area is 156 Å². The Morgan fingerprint density at radius 1 is 1.07 bits per heavy atom. The first-order chi connectivity index (χ1) is 12.8. The number of nitrogens with zero attached hydrogens (tertiary/aromatic N) is 1. The Hall–Kier alpha value is -3.35. The maximum absolute atomic E-state index is 12.1. The third-order valence-electron chi connectivity index (χ3n) is 3.81. The summed E-state index contributed by atoms with van der Waals surface area (Å²) in [5.41, 5.74) is 0.588. The predicted octanol–water partition coefficient (Wildman–Crippen LogP) is 2.74. The fourth-order valence-electron chi connectivity index (χ4n) is 2.84. The predicted molar refractivity (Wildman–Crippen MR) is 100 cm³/mol. The van der Waals surface area contributed by atoms with Crippen molar-refractivity contribution in [3.63, 3.8) is 0 Å². The van der Waals surface area contributed by atoms with Crippen LogP contribution in [-0.2, 0) is 23.9 Å². The highest BCUT2D eigenvalue weighted by Crippen LogP contribution is 2.29. The minimum Gasteiger partial charge on any atom is -0.479 e. The second-order valence-corrected chi connectivity index (χ2v) is 5.81. The molecule has 2 aromatic rings. The van der Waals surface area contributed by atoms with Gasteiger partial charge in [-0.15, -0.1) is 6.58 Å². The summed E-state index contributed by atoms with van der Waals surface area (Å²) in [6.07, 6.45) is -0.0903. The van der Waals surface area contributed by atoms with Gasteiger partial charge >= 0.3 is 17.9 Å². The van der Waals surface area contributed by atoms with Crippen LogP contribution in [-0.4, -0.2) is 41.9 Å². The fourth-order valence-corrected chi connectivity index (χ4v) is 2.84. The summed E-state index contributed by atoms with van der Waals surface area (Å²) in [6.45, 7) is 6.04. The molecule has 0 radical (unpaired) electrons. The van der Waals surface area contributed by atoms with Crippen LogP contribution >= 0.6 is 0 Å². The van der Waals surface area contributed by atoms with E-state index in [-0.39, 0.29) is 6.54 Å². The number of hydrogen-bond donors (Lipinski definition) is 1. The highest BCUT2D eigenvalue weighted by atomic mass is 16.7. The molecule has 2 aromatic carbocycles. The van der Waals surface area contributed by atoms with Crippen LogP contribution in [0, 0.1) is 0 Å². The van der Waals surface area contributed by atoms with Crippen LogP contribution in [0.4, 0.5) is 5.69 Å². The Kier molecular flexibility index (Phi) is 6.54. The van der Waals surface area contributed by atoms with Crippen molar-refractivity contribution in [1.82, 2.24) is 0 Å². The summed E-state index contributed by atoms with van der Waals surface area (Å²) >= 11 is 0. The maximum Gasteiger partial charge on any atom is 0.334 e. The van der Waals surface area contributed by atoms with Crippen LogP contribution in [0.1, 0.15) is 13.8 Å². The smallest absolute Gasteiger partial charge is 0.334 e. The molecule has 0 fully saturated rings. The molecule has 7 heteroatoms. The Balaban J connectivity index is 2.60. The van der Waals surface area contributed by atoms with E-state index in [2.05, 4.69) is 6.58 Å². The molecule has 0 heterocycles. The lowest BCUT2D eigenvalue weighted by atomic mass is 10.1. The van der Waals surface area contributed by atoms with Crippen LogP contribution in [0.3, 0.4) is 0 Å². The third-order valence-corrected chi connectivity index (χ3v) is 3.81. The van der Waals surface area contributed by atoms with Crippen LogP contribution in [0.5, 0.6) is 0 Å². The molecule has 1 N–H and O–H groups in total. The zero-order valence-corrected chi connectivity index (χ0v) is 15.1. The number of esters is 2. The average molecular weight is 371 g/mol. The van der Waals surface area contributed by atoms with E-state index in [0.717, 1.165) is 24.6 Å². The summed E-state index contributed by atoms with van der Waals surface area (Å²) in [5.74, 6) is -2.83. The molecule has 27 heavy (non-hydrogen) atoms. The van der Waals surface area contributed by atoms with E-state index in [9.17, 15) is 19.5 Å².